The van der Waals surface area contributed by atoms with E-state index in [0.717, 1.165) is 0 Å². The van der Waals surface area contributed by atoms with Gasteiger partial charge in [0.25, 0.3) is 0 Å². The summed E-state index contributed by atoms with van der Waals surface area (Å²) in [6.45, 7) is 1.47. The molecule has 1 rings (SSSR count). The van der Waals surface area contributed by atoms with Gasteiger partial charge in [0.15, 0.2) is 0 Å². The first kappa shape index (κ1) is 13.4. The van der Waals surface area contributed by atoms with E-state index in [1.807, 2.05) is 0 Å². The van der Waals surface area contributed by atoms with E-state index in [4.69, 9.17) is 5.11 Å². The van der Waals surface area contributed by atoms with Gasteiger partial charge in [-0.05, 0) is 37.7 Å². The summed E-state index contributed by atoms with van der Waals surface area (Å²) in [7, 11) is -2.12. The SMILES string of the molecule is CNS(=O)(=O)c1ccc(C=C(C)C(=O)O)cc1. The minimum absolute atomic E-state index is 0.144. The van der Waals surface area contributed by atoms with Gasteiger partial charge in [-0.1, -0.05) is 12.1 Å². The number of aliphatic carboxylic acids is 1. The number of carbonyl (C=O) groups is 1. The molecule has 0 aliphatic heterocycles. The van der Waals surface area contributed by atoms with Gasteiger partial charge >= 0.3 is 5.97 Å². The normalized spacial score (nSPS) is 12.5. The van der Waals surface area contributed by atoms with Crippen molar-refractivity contribution in [2.45, 2.75) is 11.8 Å². The molecule has 6 heteroatoms. The highest BCUT2D eigenvalue weighted by Gasteiger charge is 2.10. The van der Waals surface area contributed by atoms with E-state index in [0.29, 0.717) is 5.56 Å². The highest BCUT2D eigenvalue weighted by Crippen LogP contribution is 2.12. The molecule has 0 saturated carbocycles. The molecule has 17 heavy (non-hydrogen) atoms. The minimum Gasteiger partial charge on any atom is -0.478 e. The van der Waals surface area contributed by atoms with Crippen LogP contribution in [-0.4, -0.2) is 26.5 Å². The van der Waals surface area contributed by atoms with Crippen LogP contribution in [0.5, 0.6) is 0 Å². The van der Waals surface area contributed by atoms with Crippen LogP contribution < -0.4 is 4.72 Å². The second kappa shape index (κ2) is 5.11. The Kier molecular flexibility index (Phi) is 4.03. The summed E-state index contributed by atoms with van der Waals surface area (Å²) in [5.41, 5.74) is 0.828. The van der Waals surface area contributed by atoms with Gasteiger partial charge in [0.1, 0.15) is 0 Å². The molecule has 0 fully saturated rings. The van der Waals surface area contributed by atoms with Crippen LogP contribution >= 0.6 is 0 Å². The Labute approximate surface area is 99.8 Å². The van der Waals surface area contributed by atoms with Crippen molar-refractivity contribution < 1.29 is 18.3 Å². The molecule has 0 spiro atoms. The monoisotopic (exact) mass is 255 g/mol. The summed E-state index contributed by atoms with van der Waals surface area (Å²) in [4.78, 5) is 10.7. The Bertz CT molecular complexity index is 543. The van der Waals surface area contributed by atoms with Crippen LogP contribution in [0.4, 0.5) is 0 Å². The van der Waals surface area contributed by atoms with Crippen molar-refractivity contribution in [3.8, 4) is 0 Å². The van der Waals surface area contributed by atoms with Crippen molar-refractivity contribution in [2.75, 3.05) is 7.05 Å². The molecular weight excluding hydrogens is 242 g/mol. The average molecular weight is 255 g/mol. The van der Waals surface area contributed by atoms with Gasteiger partial charge in [0, 0.05) is 5.57 Å². The molecule has 2 N–H and O–H groups in total. The Morgan fingerprint density at radius 1 is 1.29 bits per heavy atom. The highest BCUT2D eigenvalue weighted by molar-refractivity contribution is 7.89. The summed E-state index contributed by atoms with van der Waals surface area (Å²) >= 11 is 0. The number of sulfonamides is 1. The Morgan fingerprint density at radius 3 is 2.24 bits per heavy atom. The first-order valence-electron chi connectivity index (χ1n) is 4.82. The van der Waals surface area contributed by atoms with Gasteiger partial charge in [-0.3, -0.25) is 0 Å². The number of hydrogen-bond donors (Lipinski definition) is 2. The summed E-state index contributed by atoms with van der Waals surface area (Å²) < 4.78 is 25.0. The lowest BCUT2D eigenvalue weighted by Crippen LogP contribution is -2.18. The van der Waals surface area contributed by atoms with Crippen molar-refractivity contribution >= 4 is 22.1 Å². The van der Waals surface area contributed by atoms with E-state index >= 15 is 0 Å². The Hall–Kier alpha value is -1.66. The van der Waals surface area contributed by atoms with Gasteiger partial charge in [-0.15, -0.1) is 0 Å². The van der Waals surface area contributed by atoms with Crippen LogP contribution in [0.2, 0.25) is 0 Å². The van der Waals surface area contributed by atoms with Gasteiger partial charge in [-0.2, -0.15) is 0 Å². The smallest absolute Gasteiger partial charge is 0.331 e. The van der Waals surface area contributed by atoms with Crippen molar-refractivity contribution in [1.29, 1.82) is 0 Å². The second-order valence-electron chi connectivity index (χ2n) is 3.41. The van der Waals surface area contributed by atoms with E-state index < -0.39 is 16.0 Å². The summed E-state index contributed by atoms with van der Waals surface area (Å²) in [5.74, 6) is -1.00. The van der Waals surface area contributed by atoms with Crippen molar-refractivity contribution in [2.24, 2.45) is 0 Å². The standard InChI is InChI=1S/C11H13NO4S/c1-8(11(13)14)7-9-3-5-10(6-4-9)17(15,16)12-2/h3-7,12H,1-2H3,(H,13,14). The number of nitrogens with one attached hydrogen (secondary N) is 1. The molecular formula is C11H13NO4S. The maximum Gasteiger partial charge on any atom is 0.331 e. The highest BCUT2D eigenvalue weighted by atomic mass is 32.2. The van der Waals surface area contributed by atoms with Crippen LogP contribution in [0.3, 0.4) is 0 Å². The van der Waals surface area contributed by atoms with Crippen molar-refractivity contribution in [3.63, 3.8) is 0 Å². The molecule has 0 aliphatic carbocycles. The number of carboxylic acid groups (broad SMARTS) is 1. The van der Waals surface area contributed by atoms with E-state index in [9.17, 15) is 13.2 Å². The minimum atomic E-state index is -3.45. The molecule has 0 radical (unpaired) electrons. The third kappa shape index (κ3) is 3.40. The molecule has 0 amide bonds. The quantitative estimate of drug-likeness (QED) is 0.789. The summed E-state index contributed by atoms with van der Waals surface area (Å²) in [6.07, 6.45) is 1.47. The molecule has 0 heterocycles. The molecule has 92 valence electrons. The number of benzene rings is 1. The van der Waals surface area contributed by atoms with Gasteiger partial charge in [0.2, 0.25) is 10.0 Å². The predicted molar refractivity (Wildman–Crippen MR) is 64.0 cm³/mol. The zero-order valence-corrected chi connectivity index (χ0v) is 10.3. The fourth-order valence-corrected chi connectivity index (χ4v) is 1.90. The number of carboxylic acids is 1. The van der Waals surface area contributed by atoms with Gasteiger partial charge in [0.05, 0.1) is 4.90 Å². The lowest BCUT2D eigenvalue weighted by atomic mass is 10.1. The molecule has 0 unspecified atom stereocenters. The molecule has 5 nitrogen and oxygen atoms in total. The maximum atomic E-state index is 11.4. The molecule has 0 aromatic heterocycles. The third-order valence-electron chi connectivity index (χ3n) is 2.18. The predicted octanol–water partition coefficient (Wildman–Crippen LogP) is 1.08. The summed E-state index contributed by atoms with van der Waals surface area (Å²) in [5, 5.41) is 8.69. The Balaban J connectivity index is 3.05. The molecule has 1 aromatic carbocycles. The van der Waals surface area contributed by atoms with Crippen LogP contribution in [0, 0.1) is 0 Å². The van der Waals surface area contributed by atoms with Crippen molar-refractivity contribution in [3.05, 3.63) is 35.4 Å². The topological polar surface area (TPSA) is 83.5 Å². The average Bonchev–Trinajstić information content (AvgIpc) is 2.29. The lowest BCUT2D eigenvalue weighted by molar-refractivity contribution is -0.132. The lowest BCUT2D eigenvalue weighted by Gasteiger charge is -2.02. The van der Waals surface area contributed by atoms with E-state index in [1.54, 1.807) is 12.1 Å². The zero-order valence-electron chi connectivity index (χ0n) is 9.47. The maximum absolute atomic E-state index is 11.4. The molecule has 0 aliphatic rings. The van der Waals surface area contributed by atoms with Crippen molar-refractivity contribution in [1.82, 2.24) is 4.72 Å². The van der Waals surface area contributed by atoms with Crippen LogP contribution in [0.1, 0.15) is 12.5 Å². The Morgan fingerprint density at radius 2 is 1.82 bits per heavy atom. The first-order valence-corrected chi connectivity index (χ1v) is 6.30. The number of hydrogen-bond acceptors (Lipinski definition) is 3. The fraction of sp³-hybridized carbons (Fsp3) is 0.182. The largest absolute Gasteiger partial charge is 0.478 e. The molecule has 0 atom stereocenters. The van der Waals surface area contributed by atoms with Gasteiger partial charge in [-0.25, -0.2) is 17.9 Å². The van der Waals surface area contributed by atoms with Crippen LogP contribution in [0.15, 0.2) is 34.7 Å². The van der Waals surface area contributed by atoms with E-state index in [-0.39, 0.29) is 10.5 Å². The fourth-order valence-electron chi connectivity index (χ4n) is 1.17. The summed E-state index contributed by atoms with van der Waals surface area (Å²) in [6, 6.07) is 5.95. The van der Waals surface area contributed by atoms with E-state index in [2.05, 4.69) is 4.72 Å². The van der Waals surface area contributed by atoms with Gasteiger partial charge < -0.3 is 5.11 Å². The number of rotatable bonds is 4. The van der Waals surface area contributed by atoms with Crippen LogP contribution in [0.25, 0.3) is 6.08 Å². The molecule has 0 bridgehead atoms. The molecule has 0 saturated heterocycles. The first-order chi connectivity index (χ1) is 7.86. The van der Waals surface area contributed by atoms with E-state index in [1.165, 1.54) is 32.2 Å². The molecule has 1 aromatic rings. The zero-order chi connectivity index (χ0) is 13.1. The third-order valence-corrected chi connectivity index (χ3v) is 3.61. The van der Waals surface area contributed by atoms with Crippen LogP contribution in [-0.2, 0) is 14.8 Å². The second-order valence-corrected chi connectivity index (χ2v) is 5.30.